The molecule has 3 rings (SSSR count). The summed E-state index contributed by atoms with van der Waals surface area (Å²) in [5.74, 6) is 1.02. The van der Waals surface area contributed by atoms with E-state index in [1.165, 1.54) is 17.4 Å². The molecule has 122 valence electrons. The van der Waals surface area contributed by atoms with Gasteiger partial charge in [0.05, 0.1) is 24.4 Å². The fraction of sp³-hybridized carbons (Fsp3) is 0.111. The molecular weight excluding hydrogens is 324 g/mol. The van der Waals surface area contributed by atoms with Crippen LogP contribution in [-0.2, 0) is 4.79 Å². The summed E-state index contributed by atoms with van der Waals surface area (Å²) < 4.78 is 11.5. The van der Waals surface area contributed by atoms with Crippen LogP contribution in [0.15, 0.2) is 48.5 Å². The lowest BCUT2D eigenvalue weighted by atomic mass is 10.2. The number of anilines is 1. The highest BCUT2D eigenvalue weighted by Gasteiger charge is 2.11. The Morgan fingerprint density at radius 2 is 1.83 bits per heavy atom. The first-order valence-corrected chi connectivity index (χ1v) is 8.08. The standard InChI is InChI=1S/C18H16N2O3S/c1-22-14-10-13-16(11-15(14)23-2)24-18(19-13)20-17(21)9-8-12-6-4-3-5-7-12/h3-11H,1-2H3,(H,19,20,21)/b9-8+. The lowest BCUT2D eigenvalue weighted by molar-refractivity contribution is -0.111. The molecule has 1 aromatic heterocycles. The van der Waals surface area contributed by atoms with Crippen molar-refractivity contribution < 1.29 is 14.3 Å². The van der Waals surface area contributed by atoms with Gasteiger partial charge in [-0.15, -0.1) is 0 Å². The van der Waals surface area contributed by atoms with Crippen molar-refractivity contribution >= 4 is 38.7 Å². The van der Waals surface area contributed by atoms with Gasteiger partial charge in [0.2, 0.25) is 5.91 Å². The highest BCUT2D eigenvalue weighted by molar-refractivity contribution is 7.22. The van der Waals surface area contributed by atoms with Crippen molar-refractivity contribution in [3.05, 3.63) is 54.1 Å². The molecule has 6 heteroatoms. The predicted molar refractivity (Wildman–Crippen MR) is 96.8 cm³/mol. The van der Waals surface area contributed by atoms with Crippen molar-refractivity contribution in [2.45, 2.75) is 0 Å². The van der Waals surface area contributed by atoms with Crippen LogP contribution in [0.2, 0.25) is 0 Å². The number of hydrogen-bond acceptors (Lipinski definition) is 5. The number of fused-ring (bicyclic) bond motifs is 1. The second kappa shape index (κ2) is 7.14. The van der Waals surface area contributed by atoms with Crippen LogP contribution >= 0.6 is 11.3 Å². The fourth-order valence-electron chi connectivity index (χ4n) is 2.19. The summed E-state index contributed by atoms with van der Waals surface area (Å²) in [7, 11) is 3.16. The summed E-state index contributed by atoms with van der Waals surface area (Å²) in [4.78, 5) is 16.4. The zero-order valence-electron chi connectivity index (χ0n) is 13.3. The van der Waals surface area contributed by atoms with Gasteiger partial charge < -0.3 is 9.47 Å². The predicted octanol–water partition coefficient (Wildman–Crippen LogP) is 3.97. The average molecular weight is 340 g/mol. The van der Waals surface area contributed by atoms with E-state index >= 15 is 0 Å². The summed E-state index contributed by atoms with van der Waals surface area (Å²) in [6.45, 7) is 0. The highest BCUT2D eigenvalue weighted by atomic mass is 32.1. The van der Waals surface area contributed by atoms with Crippen LogP contribution in [0.1, 0.15) is 5.56 Å². The number of rotatable bonds is 5. The lowest BCUT2D eigenvalue weighted by Gasteiger charge is -2.05. The quantitative estimate of drug-likeness (QED) is 0.714. The number of nitrogens with zero attached hydrogens (tertiary/aromatic N) is 1. The third-order valence-electron chi connectivity index (χ3n) is 3.35. The molecule has 0 spiro atoms. The van der Waals surface area contributed by atoms with Crippen molar-refractivity contribution in [2.75, 3.05) is 19.5 Å². The maximum Gasteiger partial charge on any atom is 0.250 e. The normalized spacial score (nSPS) is 10.9. The molecule has 2 aromatic carbocycles. The number of thiazole rings is 1. The van der Waals surface area contributed by atoms with Crippen LogP contribution in [0.3, 0.4) is 0 Å². The second-order valence-corrected chi connectivity index (χ2v) is 5.96. The number of hydrogen-bond donors (Lipinski definition) is 1. The minimum absolute atomic E-state index is 0.225. The van der Waals surface area contributed by atoms with Gasteiger partial charge in [0.1, 0.15) is 0 Å². The van der Waals surface area contributed by atoms with Gasteiger partial charge in [-0.25, -0.2) is 4.98 Å². The van der Waals surface area contributed by atoms with Crippen LogP contribution in [0.4, 0.5) is 5.13 Å². The molecule has 0 bridgehead atoms. The number of ether oxygens (including phenoxy) is 2. The van der Waals surface area contributed by atoms with E-state index in [1.54, 1.807) is 26.4 Å². The largest absolute Gasteiger partial charge is 0.493 e. The third-order valence-corrected chi connectivity index (χ3v) is 4.28. The molecule has 0 aliphatic carbocycles. The van der Waals surface area contributed by atoms with E-state index in [0.29, 0.717) is 16.6 Å². The maximum atomic E-state index is 12.0. The molecular formula is C18H16N2O3S. The highest BCUT2D eigenvalue weighted by Crippen LogP contribution is 2.36. The minimum atomic E-state index is -0.225. The van der Waals surface area contributed by atoms with Crippen LogP contribution < -0.4 is 14.8 Å². The van der Waals surface area contributed by atoms with E-state index in [1.807, 2.05) is 36.4 Å². The topological polar surface area (TPSA) is 60.5 Å². The van der Waals surface area contributed by atoms with Crippen molar-refractivity contribution in [3.8, 4) is 11.5 Å². The summed E-state index contributed by atoms with van der Waals surface area (Å²) in [5.41, 5.74) is 1.71. The molecule has 0 radical (unpaired) electrons. The first-order valence-electron chi connectivity index (χ1n) is 7.26. The first-order chi connectivity index (χ1) is 11.7. The number of methoxy groups -OCH3 is 2. The van der Waals surface area contributed by atoms with Crippen LogP contribution in [-0.4, -0.2) is 25.1 Å². The maximum absolute atomic E-state index is 12.0. The Balaban J connectivity index is 1.77. The van der Waals surface area contributed by atoms with Gasteiger partial charge in [0, 0.05) is 18.2 Å². The monoisotopic (exact) mass is 340 g/mol. The van der Waals surface area contributed by atoms with Crippen molar-refractivity contribution in [1.29, 1.82) is 0 Å². The van der Waals surface area contributed by atoms with Gasteiger partial charge in [0.15, 0.2) is 16.6 Å². The lowest BCUT2D eigenvalue weighted by Crippen LogP contribution is -2.07. The molecule has 0 aliphatic heterocycles. The molecule has 3 aromatic rings. The van der Waals surface area contributed by atoms with Crippen LogP contribution in [0.25, 0.3) is 16.3 Å². The van der Waals surface area contributed by atoms with Crippen molar-refractivity contribution in [1.82, 2.24) is 4.98 Å². The van der Waals surface area contributed by atoms with E-state index in [2.05, 4.69) is 10.3 Å². The summed E-state index contributed by atoms with van der Waals surface area (Å²) >= 11 is 1.38. The van der Waals surface area contributed by atoms with Gasteiger partial charge in [-0.05, 0) is 11.6 Å². The smallest absolute Gasteiger partial charge is 0.250 e. The number of carbonyl (C=O) groups is 1. The first kappa shape index (κ1) is 16.0. The Hall–Kier alpha value is -2.86. The van der Waals surface area contributed by atoms with Crippen LogP contribution in [0, 0.1) is 0 Å². The zero-order valence-corrected chi connectivity index (χ0v) is 14.1. The van der Waals surface area contributed by atoms with E-state index in [0.717, 1.165) is 15.8 Å². The van der Waals surface area contributed by atoms with E-state index in [-0.39, 0.29) is 5.91 Å². The Morgan fingerprint density at radius 3 is 2.54 bits per heavy atom. The van der Waals surface area contributed by atoms with Gasteiger partial charge in [-0.1, -0.05) is 41.7 Å². The Bertz CT molecular complexity index is 847. The number of amides is 1. The molecule has 1 heterocycles. The van der Waals surface area contributed by atoms with Gasteiger partial charge >= 0.3 is 0 Å². The van der Waals surface area contributed by atoms with E-state index in [9.17, 15) is 4.79 Å². The molecule has 5 nitrogen and oxygen atoms in total. The average Bonchev–Trinajstić information content (AvgIpc) is 3.00. The van der Waals surface area contributed by atoms with Gasteiger partial charge in [0.25, 0.3) is 0 Å². The Morgan fingerprint density at radius 1 is 1.12 bits per heavy atom. The summed E-state index contributed by atoms with van der Waals surface area (Å²) in [5, 5.41) is 3.31. The van der Waals surface area contributed by atoms with Crippen molar-refractivity contribution in [3.63, 3.8) is 0 Å². The Labute approximate surface area is 143 Å². The molecule has 24 heavy (non-hydrogen) atoms. The van der Waals surface area contributed by atoms with E-state index < -0.39 is 0 Å². The van der Waals surface area contributed by atoms with E-state index in [4.69, 9.17) is 9.47 Å². The molecule has 0 fully saturated rings. The number of carbonyl (C=O) groups excluding carboxylic acids is 1. The third kappa shape index (κ3) is 3.55. The fourth-order valence-corrected chi connectivity index (χ4v) is 3.07. The molecule has 0 atom stereocenters. The number of benzene rings is 2. The minimum Gasteiger partial charge on any atom is -0.493 e. The second-order valence-electron chi connectivity index (χ2n) is 4.93. The van der Waals surface area contributed by atoms with Gasteiger partial charge in [-0.3, -0.25) is 10.1 Å². The molecule has 0 unspecified atom stereocenters. The zero-order chi connectivity index (χ0) is 16.9. The summed E-state index contributed by atoms with van der Waals surface area (Å²) in [6.07, 6.45) is 3.25. The SMILES string of the molecule is COc1cc2nc(NC(=O)/C=C/c3ccccc3)sc2cc1OC. The van der Waals surface area contributed by atoms with Gasteiger partial charge in [-0.2, -0.15) is 0 Å². The molecule has 0 saturated carbocycles. The Kier molecular flexibility index (Phi) is 4.77. The summed E-state index contributed by atoms with van der Waals surface area (Å²) in [6, 6.07) is 13.3. The molecule has 0 aliphatic rings. The number of aromatic nitrogens is 1. The molecule has 1 N–H and O–H groups in total. The molecule has 1 amide bonds. The van der Waals surface area contributed by atoms with Crippen molar-refractivity contribution in [2.24, 2.45) is 0 Å². The number of nitrogens with one attached hydrogen (secondary N) is 1. The van der Waals surface area contributed by atoms with Crippen LogP contribution in [0.5, 0.6) is 11.5 Å². The molecule has 0 saturated heterocycles.